The molecule has 0 unspecified atom stereocenters. The van der Waals surface area contributed by atoms with E-state index in [-0.39, 0.29) is 18.4 Å². The van der Waals surface area contributed by atoms with Crippen molar-refractivity contribution in [3.05, 3.63) is 58.7 Å². The third-order valence-corrected chi connectivity index (χ3v) is 6.48. The van der Waals surface area contributed by atoms with Crippen molar-refractivity contribution in [1.29, 1.82) is 0 Å². The molecule has 0 aromatic heterocycles. The Hall–Kier alpha value is -2.90. The van der Waals surface area contributed by atoms with E-state index in [0.29, 0.717) is 37.6 Å². The molecule has 3 aliphatic rings. The Balaban J connectivity index is 1.14. The highest BCUT2D eigenvalue weighted by Crippen LogP contribution is 2.33. The third-order valence-electron chi connectivity index (χ3n) is 6.48. The van der Waals surface area contributed by atoms with Gasteiger partial charge < -0.3 is 25.4 Å². The molecule has 3 aliphatic heterocycles. The number of nitrogens with zero attached hydrogens (tertiary/aromatic N) is 1. The first-order valence-corrected chi connectivity index (χ1v) is 10.9. The van der Waals surface area contributed by atoms with Crippen LogP contribution in [0, 0.1) is 0 Å². The third kappa shape index (κ3) is 4.16. The molecule has 31 heavy (non-hydrogen) atoms. The van der Waals surface area contributed by atoms with Crippen LogP contribution >= 0.6 is 0 Å². The Morgan fingerprint density at radius 2 is 2.10 bits per heavy atom. The minimum Gasteiger partial charge on any atom is -0.491 e. The van der Waals surface area contributed by atoms with Crippen LogP contribution in [-0.4, -0.2) is 54.2 Å². The van der Waals surface area contributed by atoms with E-state index in [1.807, 2.05) is 30.3 Å². The Labute approximate surface area is 181 Å². The van der Waals surface area contributed by atoms with Crippen LogP contribution in [0.3, 0.4) is 0 Å². The van der Waals surface area contributed by atoms with Crippen LogP contribution in [0.4, 0.5) is 5.69 Å². The monoisotopic (exact) mass is 421 g/mol. The minimum atomic E-state index is -0.584. The number of carbonyl (C=O) groups excluding carboxylic acids is 2. The van der Waals surface area contributed by atoms with Gasteiger partial charge in [0.05, 0.1) is 0 Å². The predicted octanol–water partition coefficient (Wildman–Crippen LogP) is 2.04. The molecule has 0 radical (unpaired) electrons. The largest absolute Gasteiger partial charge is 0.491 e. The maximum atomic E-state index is 11.9. The molecular weight excluding hydrogens is 394 g/mol. The van der Waals surface area contributed by atoms with E-state index in [9.17, 15) is 14.7 Å². The van der Waals surface area contributed by atoms with E-state index in [0.717, 1.165) is 41.9 Å². The second-order valence-corrected chi connectivity index (χ2v) is 8.63. The van der Waals surface area contributed by atoms with Crippen molar-refractivity contribution in [3.63, 3.8) is 0 Å². The number of hydrogen-bond donors (Lipinski definition) is 3. The van der Waals surface area contributed by atoms with Crippen LogP contribution in [0.5, 0.6) is 5.75 Å². The molecule has 3 heterocycles. The van der Waals surface area contributed by atoms with Crippen LogP contribution in [0.1, 0.15) is 45.8 Å². The number of fused-ring (bicyclic) bond motifs is 2. The van der Waals surface area contributed by atoms with Gasteiger partial charge in [-0.15, -0.1) is 0 Å². The van der Waals surface area contributed by atoms with Gasteiger partial charge >= 0.3 is 0 Å². The zero-order valence-corrected chi connectivity index (χ0v) is 17.4. The standard InChI is InChI=1S/C24H27N3O4/c28-17(14-31-18-5-6-22-15(10-18)4-7-23(29)26-22)13-27-9-8-16(12-27)19-2-1-3-20-21(19)11-25-24(20)30/h1-3,5-6,10,16-17,28H,4,7-9,11-14H2,(H,25,30)(H,26,29)/t16-,17+/m1/s1. The molecule has 7 nitrogen and oxygen atoms in total. The number of amides is 2. The number of β-amino-alcohol motifs (C(OH)–C–C–N with tert-alkyl or cyclic N) is 1. The lowest BCUT2D eigenvalue weighted by atomic mass is 9.91. The quantitative estimate of drug-likeness (QED) is 0.664. The lowest BCUT2D eigenvalue weighted by molar-refractivity contribution is -0.116. The summed E-state index contributed by atoms with van der Waals surface area (Å²) in [7, 11) is 0. The fourth-order valence-electron chi connectivity index (χ4n) is 4.91. The van der Waals surface area contributed by atoms with Crippen LogP contribution in [0.2, 0.25) is 0 Å². The summed E-state index contributed by atoms with van der Waals surface area (Å²) >= 11 is 0. The Morgan fingerprint density at radius 3 is 3.00 bits per heavy atom. The number of aryl methyl sites for hydroxylation is 1. The number of likely N-dealkylation sites (tertiary alicyclic amines) is 1. The van der Waals surface area contributed by atoms with Crippen LogP contribution in [0.25, 0.3) is 0 Å². The number of anilines is 1. The summed E-state index contributed by atoms with van der Waals surface area (Å²) in [6, 6.07) is 11.6. The number of aliphatic hydroxyl groups excluding tert-OH is 1. The van der Waals surface area contributed by atoms with Crippen molar-refractivity contribution in [1.82, 2.24) is 10.2 Å². The first-order chi connectivity index (χ1) is 15.1. The molecule has 0 saturated carbocycles. The molecule has 7 heteroatoms. The highest BCUT2D eigenvalue weighted by molar-refractivity contribution is 5.98. The van der Waals surface area contributed by atoms with Gasteiger partial charge in [-0.3, -0.25) is 9.59 Å². The smallest absolute Gasteiger partial charge is 0.251 e. The number of hydrogen-bond acceptors (Lipinski definition) is 5. The van der Waals surface area contributed by atoms with Crippen LogP contribution < -0.4 is 15.4 Å². The van der Waals surface area contributed by atoms with Gasteiger partial charge in [0.1, 0.15) is 18.5 Å². The number of aliphatic hydroxyl groups is 1. The van der Waals surface area contributed by atoms with Gasteiger partial charge in [0, 0.05) is 37.3 Å². The fraction of sp³-hybridized carbons (Fsp3) is 0.417. The average Bonchev–Trinajstić information content (AvgIpc) is 3.39. The van der Waals surface area contributed by atoms with Gasteiger partial charge in [-0.1, -0.05) is 12.1 Å². The lowest BCUT2D eigenvalue weighted by Gasteiger charge is -2.22. The first kappa shape index (κ1) is 20.0. The second kappa shape index (κ2) is 8.32. The molecule has 0 bridgehead atoms. The molecule has 2 atom stereocenters. The fourth-order valence-corrected chi connectivity index (χ4v) is 4.91. The van der Waals surface area contributed by atoms with E-state index >= 15 is 0 Å². The highest BCUT2D eigenvalue weighted by atomic mass is 16.5. The number of rotatable bonds is 6. The van der Waals surface area contributed by atoms with E-state index in [2.05, 4.69) is 21.6 Å². The Morgan fingerprint density at radius 1 is 1.19 bits per heavy atom. The summed E-state index contributed by atoms with van der Waals surface area (Å²) < 4.78 is 5.82. The van der Waals surface area contributed by atoms with Crippen molar-refractivity contribution in [2.45, 2.75) is 37.8 Å². The number of nitrogens with one attached hydrogen (secondary N) is 2. The predicted molar refractivity (Wildman–Crippen MR) is 116 cm³/mol. The topological polar surface area (TPSA) is 90.9 Å². The zero-order chi connectivity index (χ0) is 21.4. The lowest BCUT2D eigenvalue weighted by Crippen LogP contribution is -2.34. The van der Waals surface area contributed by atoms with E-state index in [4.69, 9.17) is 4.74 Å². The zero-order valence-electron chi connectivity index (χ0n) is 17.4. The first-order valence-electron chi connectivity index (χ1n) is 10.9. The highest BCUT2D eigenvalue weighted by Gasteiger charge is 2.30. The molecule has 2 amide bonds. The van der Waals surface area contributed by atoms with Crippen molar-refractivity contribution >= 4 is 17.5 Å². The van der Waals surface area contributed by atoms with Crippen molar-refractivity contribution in [3.8, 4) is 5.75 Å². The summed E-state index contributed by atoms with van der Waals surface area (Å²) in [6.45, 7) is 3.20. The molecule has 2 aromatic carbocycles. The molecule has 2 aromatic rings. The van der Waals surface area contributed by atoms with E-state index in [1.165, 1.54) is 5.56 Å². The molecular formula is C24H27N3O4. The molecule has 0 spiro atoms. The van der Waals surface area contributed by atoms with Crippen LogP contribution in [0.15, 0.2) is 36.4 Å². The van der Waals surface area contributed by atoms with Gasteiger partial charge in [0.2, 0.25) is 5.91 Å². The van der Waals surface area contributed by atoms with Crippen molar-refractivity contribution in [2.75, 3.05) is 31.6 Å². The summed E-state index contributed by atoms with van der Waals surface area (Å²) in [6.07, 6.45) is 1.64. The van der Waals surface area contributed by atoms with Crippen LogP contribution in [-0.2, 0) is 17.8 Å². The Bertz CT molecular complexity index is 1020. The van der Waals surface area contributed by atoms with E-state index < -0.39 is 6.10 Å². The second-order valence-electron chi connectivity index (χ2n) is 8.63. The average molecular weight is 421 g/mol. The normalized spacial score (nSPS) is 21.3. The summed E-state index contributed by atoms with van der Waals surface area (Å²) in [5, 5.41) is 16.3. The number of carbonyl (C=O) groups is 2. The number of ether oxygens (including phenoxy) is 1. The molecule has 3 N–H and O–H groups in total. The van der Waals surface area contributed by atoms with E-state index in [1.54, 1.807) is 0 Å². The van der Waals surface area contributed by atoms with Crippen molar-refractivity contribution < 1.29 is 19.4 Å². The van der Waals surface area contributed by atoms with Gasteiger partial charge in [0.25, 0.3) is 5.91 Å². The van der Waals surface area contributed by atoms with Crippen molar-refractivity contribution in [2.24, 2.45) is 0 Å². The summed E-state index contributed by atoms with van der Waals surface area (Å²) in [4.78, 5) is 25.7. The molecule has 1 fully saturated rings. The summed E-state index contributed by atoms with van der Waals surface area (Å²) in [5.41, 5.74) is 5.10. The SMILES string of the molecule is O=C1CCc2cc(OC[C@@H](O)CN3CC[C@@H](c4cccc5c4CNC5=O)C3)ccc2N1. The number of benzene rings is 2. The van der Waals surface area contributed by atoms with Gasteiger partial charge in [-0.25, -0.2) is 0 Å². The molecule has 1 saturated heterocycles. The molecule has 162 valence electrons. The maximum Gasteiger partial charge on any atom is 0.251 e. The Kier molecular flexibility index (Phi) is 5.38. The molecule has 0 aliphatic carbocycles. The summed E-state index contributed by atoms with van der Waals surface area (Å²) in [5.74, 6) is 1.16. The van der Waals surface area contributed by atoms with Gasteiger partial charge in [-0.2, -0.15) is 0 Å². The molecule has 5 rings (SSSR count). The minimum absolute atomic E-state index is 0.0174. The van der Waals surface area contributed by atoms with Gasteiger partial charge in [-0.05, 0) is 66.3 Å². The maximum absolute atomic E-state index is 11.9. The van der Waals surface area contributed by atoms with Gasteiger partial charge in [0.15, 0.2) is 0 Å².